The van der Waals surface area contributed by atoms with Crippen molar-refractivity contribution in [3.8, 4) is 11.5 Å². The average Bonchev–Trinajstić information content (AvgIpc) is 2.71. The van der Waals surface area contributed by atoms with Crippen molar-refractivity contribution in [2.24, 2.45) is 0 Å². The number of hydrogen-bond donors (Lipinski definition) is 2. The zero-order chi connectivity index (χ0) is 11.5. The highest BCUT2D eigenvalue weighted by Crippen LogP contribution is 2.26. The largest absolute Gasteiger partial charge is 0.396 e. The normalized spacial score (nSPS) is 10.6. The molecular formula is C10H10FN3O2. The number of nitrogens with two attached hydrogens (primary N) is 1. The van der Waals surface area contributed by atoms with E-state index in [0.29, 0.717) is 17.8 Å². The Morgan fingerprint density at radius 2 is 2.25 bits per heavy atom. The molecule has 0 aliphatic rings. The number of aliphatic hydroxyl groups excluding tert-OH is 1. The Morgan fingerprint density at radius 3 is 3.00 bits per heavy atom. The molecule has 0 saturated carbocycles. The number of hydrogen-bond acceptors (Lipinski definition) is 5. The van der Waals surface area contributed by atoms with Gasteiger partial charge in [0.05, 0.1) is 17.9 Å². The Hall–Kier alpha value is -1.95. The fourth-order valence-electron chi connectivity index (χ4n) is 1.29. The number of halogens is 1. The highest BCUT2D eigenvalue weighted by molar-refractivity contribution is 5.70. The van der Waals surface area contributed by atoms with E-state index in [0.717, 1.165) is 0 Å². The molecule has 1 heterocycles. The number of nitrogen functional groups attached to an aromatic ring is 1. The molecule has 0 unspecified atom stereocenters. The molecule has 1 aromatic carbocycles. The van der Waals surface area contributed by atoms with Crippen LogP contribution in [0.1, 0.15) is 5.82 Å². The van der Waals surface area contributed by atoms with E-state index in [9.17, 15) is 4.39 Å². The van der Waals surface area contributed by atoms with Crippen LogP contribution in [-0.2, 0) is 6.42 Å². The molecule has 0 aliphatic heterocycles. The Bertz CT molecular complexity index is 499. The molecule has 0 atom stereocenters. The van der Waals surface area contributed by atoms with Crippen molar-refractivity contribution in [2.45, 2.75) is 6.42 Å². The van der Waals surface area contributed by atoms with Gasteiger partial charge in [0.25, 0.3) is 5.89 Å². The van der Waals surface area contributed by atoms with Gasteiger partial charge >= 0.3 is 0 Å². The lowest BCUT2D eigenvalue weighted by molar-refractivity contribution is 0.293. The summed E-state index contributed by atoms with van der Waals surface area (Å²) in [4.78, 5) is 3.99. The van der Waals surface area contributed by atoms with E-state index in [1.54, 1.807) is 6.07 Å². The average molecular weight is 223 g/mol. The van der Waals surface area contributed by atoms with Crippen LogP contribution in [0.5, 0.6) is 0 Å². The van der Waals surface area contributed by atoms with Gasteiger partial charge in [-0.15, -0.1) is 0 Å². The Labute approximate surface area is 90.7 Å². The molecule has 0 amide bonds. The third kappa shape index (κ3) is 1.87. The number of para-hydroxylation sites is 1. The summed E-state index contributed by atoms with van der Waals surface area (Å²) in [5, 5.41) is 12.3. The highest BCUT2D eigenvalue weighted by Gasteiger charge is 2.13. The summed E-state index contributed by atoms with van der Waals surface area (Å²) in [5.74, 6) is -0.0129. The molecule has 16 heavy (non-hydrogen) atoms. The van der Waals surface area contributed by atoms with Gasteiger partial charge in [-0.25, -0.2) is 4.39 Å². The summed E-state index contributed by atoms with van der Waals surface area (Å²) >= 11 is 0. The Kier molecular flexibility index (Phi) is 2.82. The van der Waals surface area contributed by atoms with Crippen LogP contribution in [0, 0.1) is 5.82 Å². The van der Waals surface area contributed by atoms with Crippen LogP contribution in [0.3, 0.4) is 0 Å². The Balaban J connectivity index is 2.39. The lowest BCUT2D eigenvalue weighted by Gasteiger charge is -2.00. The van der Waals surface area contributed by atoms with Gasteiger partial charge in [-0.1, -0.05) is 11.2 Å². The standard InChI is InChI=1S/C10H10FN3O2/c11-7-3-1-2-6(9(7)12)10-13-8(4-5-15)14-16-10/h1-3,15H,4-5,12H2. The predicted octanol–water partition coefficient (Wildman–Crippen LogP) is 0.993. The van der Waals surface area contributed by atoms with Gasteiger partial charge in [-0.05, 0) is 12.1 Å². The van der Waals surface area contributed by atoms with Crippen molar-refractivity contribution in [1.29, 1.82) is 0 Å². The van der Waals surface area contributed by atoms with Crippen molar-refractivity contribution in [2.75, 3.05) is 12.3 Å². The van der Waals surface area contributed by atoms with Crippen LogP contribution < -0.4 is 5.73 Å². The fraction of sp³-hybridized carbons (Fsp3) is 0.200. The van der Waals surface area contributed by atoms with Gasteiger partial charge in [-0.3, -0.25) is 0 Å². The number of rotatable bonds is 3. The number of aromatic nitrogens is 2. The molecule has 2 aromatic rings. The van der Waals surface area contributed by atoms with Crippen molar-refractivity contribution < 1.29 is 14.0 Å². The molecule has 0 fully saturated rings. The monoisotopic (exact) mass is 223 g/mol. The minimum absolute atomic E-state index is 0.0262. The van der Waals surface area contributed by atoms with Gasteiger partial charge in [-0.2, -0.15) is 4.98 Å². The van der Waals surface area contributed by atoms with Gasteiger partial charge in [0.15, 0.2) is 5.82 Å². The molecule has 0 spiro atoms. The van der Waals surface area contributed by atoms with Gasteiger partial charge in [0.1, 0.15) is 5.82 Å². The second kappa shape index (κ2) is 4.28. The van der Waals surface area contributed by atoms with Gasteiger partial charge < -0.3 is 15.4 Å². The molecule has 0 aliphatic carbocycles. The highest BCUT2D eigenvalue weighted by atomic mass is 19.1. The third-order valence-corrected chi connectivity index (χ3v) is 2.09. The van der Waals surface area contributed by atoms with Gasteiger partial charge in [0, 0.05) is 6.42 Å². The number of anilines is 1. The van der Waals surface area contributed by atoms with Gasteiger partial charge in [0.2, 0.25) is 0 Å². The quantitative estimate of drug-likeness (QED) is 0.758. The molecule has 0 bridgehead atoms. The minimum Gasteiger partial charge on any atom is -0.396 e. The molecule has 2 rings (SSSR count). The van der Waals surface area contributed by atoms with E-state index in [-0.39, 0.29) is 18.2 Å². The van der Waals surface area contributed by atoms with E-state index < -0.39 is 5.82 Å². The van der Waals surface area contributed by atoms with E-state index in [4.69, 9.17) is 15.4 Å². The predicted molar refractivity (Wildman–Crippen MR) is 54.9 cm³/mol. The van der Waals surface area contributed by atoms with Crippen molar-refractivity contribution in [3.63, 3.8) is 0 Å². The summed E-state index contributed by atoms with van der Waals surface area (Å²) in [6, 6.07) is 4.36. The molecule has 0 radical (unpaired) electrons. The second-order valence-corrected chi connectivity index (χ2v) is 3.19. The first-order valence-corrected chi connectivity index (χ1v) is 4.70. The molecule has 5 nitrogen and oxygen atoms in total. The van der Waals surface area contributed by atoms with Crippen LogP contribution in [0.25, 0.3) is 11.5 Å². The second-order valence-electron chi connectivity index (χ2n) is 3.19. The van der Waals surface area contributed by atoms with E-state index in [1.165, 1.54) is 12.1 Å². The Morgan fingerprint density at radius 1 is 1.44 bits per heavy atom. The SMILES string of the molecule is Nc1c(F)cccc1-c1nc(CCO)no1. The van der Waals surface area contributed by atoms with Crippen LogP contribution in [0.2, 0.25) is 0 Å². The van der Waals surface area contributed by atoms with Crippen LogP contribution >= 0.6 is 0 Å². The maximum absolute atomic E-state index is 13.2. The number of benzene rings is 1. The molecule has 3 N–H and O–H groups in total. The van der Waals surface area contributed by atoms with Crippen LogP contribution in [-0.4, -0.2) is 21.9 Å². The summed E-state index contributed by atoms with van der Waals surface area (Å²) in [6.45, 7) is -0.0718. The van der Waals surface area contributed by atoms with Crippen molar-refractivity contribution >= 4 is 5.69 Å². The number of nitrogens with zero attached hydrogens (tertiary/aromatic N) is 2. The molecule has 6 heteroatoms. The first kappa shape index (κ1) is 10.6. The van der Waals surface area contributed by atoms with E-state index >= 15 is 0 Å². The summed E-state index contributed by atoms with van der Waals surface area (Å²) in [5.41, 5.74) is 5.88. The summed E-state index contributed by atoms with van der Waals surface area (Å²) in [6.07, 6.45) is 0.290. The zero-order valence-corrected chi connectivity index (χ0v) is 8.35. The topological polar surface area (TPSA) is 85.2 Å². The molecular weight excluding hydrogens is 213 g/mol. The molecule has 1 aromatic heterocycles. The van der Waals surface area contributed by atoms with Crippen LogP contribution in [0.4, 0.5) is 10.1 Å². The maximum Gasteiger partial charge on any atom is 0.260 e. The van der Waals surface area contributed by atoms with Crippen molar-refractivity contribution in [3.05, 3.63) is 29.8 Å². The lowest BCUT2D eigenvalue weighted by atomic mass is 10.2. The summed E-state index contributed by atoms with van der Waals surface area (Å²) in [7, 11) is 0. The maximum atomic E-state index is 13.2. The summed E-state index contributed by atoms with van der Waals surface area (Å²) < 4.78 is 18.1. The molecule has 0 saturated heterocycles. The van der Waals surface area contributed by atoms with E-state index in [2.05, 4.69) is 10.1 Å². The smallest absolute Gasteiger partial charge is 0.260 e. The lowest BCUT2D eigenvalue weighted by Crippen LogP contribution is -1.95. The zero-order valence-electron chi connectivity index (χ0n) is 8.35. The first-order chi connectivity index (χ1) is 7.72. The minimum atomic E-state index is -0.528. The van der Waals surface area contributed by atoms with E-state index in [1.807, 2.05) is 0 Å². The van der Waals surface area contributed by atoms with Crippen LogP contribution in [0.15, 0.2) is 22.7 Å². The molecule has 84 valence electrons. The fourth-order valence-corrected chi connectivity index (χ4v) is 1.29. The third-order valence-electron chi connectivity index (χ3n) is 2.09. The van der Waals surface area contributed by atoms with Crippen molar-refractivity contribution in [1.82, 2.24) is 10.1 Å². The number of aliphatic hydroxyl groups is 1. The first-order valence-electron chi connectivity index (χ1n) is 4.70.